The van der Waals surface area contributed by atoms with Gasteiger partial charge in [-0.25, -0.2) is 9.67 Å². The first-order valence-electron chi connectivity index (χ1n) is 8.21. The molecule has 3 heterocycles. The predicted molar refractivity (Wildman–Crippen MR) is 94.0 cm³/mol. The Balaban J connectivity index is 1.65. The van der Waals surface area contributed by atoms with E-state index in [-0.39, 0.29) is 12.7 Å². The first kappa shape index (κ1) is 16.3. The van der Waals surface area contributed by atoms with Gasteiger partial charge >= 0.3 is 0 Å². The quantitative estimate of drug-likeness (QED) is 0.717. The van der Waals surface area contributed by atoms with Gasteiger partial charge < -0.3 is 14.4 Å². The van der Waals surface area contributed by atoms with Crippen molar-refractivity contribution < 1.29 is 14.3 Å². The van der Waals surface area contributed by atoms with Crippen LogP contribution >= 0.6 is 0 Å². The van der Waals surface area contributed by atoms with Gasteiger partial charge in [0.2, 0.25) is 6.79 Å². The van der Waals surface area contributed by atoms with Crippen LogP contribution in [0.25, 0.3) is 11.2 Å². The van der Waals surface area contributed by atoms with E-state index in [0.29, 0.717) is 22.5 Å². The van der Waals surface area contributed by atoms with Crippen molar-refractivity contribution in [3.63, 3.8) is 0 Å². The molecule has 4 rings (SSSR count). The second-order valence-corrected chi connectivity index (χ2v) is 6.77. The molecule has 0 radical (unpaired) electrons. The third kappa shape index (κ3) is 2.45. The van der Waals surface area contributed by atoms with E-state index in [0.717, 1.165) is 11.3 Å². The van der Waals surface area contributed by atoms with Crippen LogP contribution in [0.4, 0.5) is 0 Å². The average Bonchev–Trinajstić information content (AvgIpc) is 3.26. The first-order valence-corrected chi connectivity index (χ1v) is 8.21. The molecule has 1 aliphatic heterocycles. The lowest BCUT2D eigenvalue weighted by Gasteiger charge is -2.36. The van der Waals surface area contributed by atoms with Crippen LogP contribution in [0.5, 0.6) is 11.5 Å². The SMILES string of the molecule is CN(C(=O)c1cnc2c(c1)nnn2C)C(C)(C)c1ccc2c(c1)OCO2. The molecule has 0 saturated carbocycles. The summed E-state index contributed by atoms with van der Waals surface area (Å²) in [4.78, 5) is 19.0. The number of hydrogen-bond acceptors (Lipinski definition) is 6. The number of aromatic nitrogens is 4. The number of aryl methyl sites for hydroxylation is 1. The van der Waals surface area contributed by atoms with Crippen molar-refractivity contribution in [2.45, 2.75) is 19.4 Å². The van der Waals surface area contributed by atoms with Crippen LogP contribution in [0.2, 0.25) is 0 Å². The van der Waals surface area contributed by atoms with Crippen LogP contribution in [-0.2, 0) is 12.6 Å². The predicted octanol–water partition coefficient (Wildman–Crippen LogP) is 2.10. The lowest BCUT2D eigenvalue weighted by molar-refractivity contribution is 0.0621. The molecule has 1 amide bonds. The van der Waals surface area contributed by atoms with E-state index in [1.807, 2.05) is 32.0 Å². The molecular formula is C18H19N5O3. The molecule has 0 fully saturated rings. The highest BCUT2D eigenvalue weighted by atomic mass is 16.7. The highest BCUT2D eigenvalue weighted by Crippen LogP contribution is 2.37. The fraction of sp³-hybridized carbons (Fsp3) is 0.333. The lowest BCUT2D eigenvalue weighted by Crippen LogP contribution is -2.42. The number of benzene rings is 1. The minimum atomic E-state index is -0.560. The molecule has 8 nitrogen and oxygen atoms in total. The smallest absolute Gasteiger partial charge is 0.255 e. The van der Waals surface area contributed by atoms with Crippen molar-refractivity contribution >= 4 is 17.1 Å². The number of amides is 1. The van der Waals surface area contributed by atoms with E-state index < -0.39 is 5.54 Å². The Morgan fingerprint density at radius 1 is 1.23 bits per heavy atom. The van der Waals surface area contributed by atoms with E-state index in [1.165, 1.54) is 0 Å². The molecule has 1 aromatic carbocycles. The van der Waals surface area contributed by atoms with Crippen LogP contribution in [0, 0.1) is 0 Å². The lowest BCUT2D eigenvalue weighted by atomic mass is 9.91. The summed E-state index contributed by atoms with van der Waals surface area (Å²) in [7, 11) is 3.53. The molecule has 0 atom stereocenters. The van der Waals surface area contributed by atoms with Crippen molar-refractivity contribution in [2.24, 2.45) is 7.05 Å². The van der Waals surface area contributed by atoms with Crippen molar-refractivity contribution in [3.05, 3.63) is 41.6 Å². The van der Waals surface area contributed by atoms with Gasteiger partial charge in [0, 0.05) is 20.3 Å². The van der Waals surface area contributed by atoms with Gasteiger partial charge in [0.05, 0.1) is 11.1 Å². The molecule has 2 aromatic heterocycles. The molecule has 0 saturated heterocycles. The highest BCUT2D eigenvalue weighted by molar-refractivity contribution is 5.96. The number of carbonyl (C=O) groups excluding carboxylic acids is 1. The van der Waals surface area contributed by atoms with Gasteiger partial charge in [-0.05, 0) is 37.6 Å². The van der Waals surface area contributed by atoms with E-state index in [4.69, 9.17) is 9.47 Å². The topological polar surface area (TPSA) is 82.4 Å². The van der Waals surface area contributed by atoms with E-state index in [2.05, 4.69) is 15.3 Å². The number of pyridine rings is 1. The molecular weight excluding hydrogens is 334 g/mol. The minimum absolute atomic E-state index is 0.146. The minimum Gasteiger partial charge on any atom is -0.454 e. The zero-order valence-corrected chi connectivity index (χ0v) is 15.1. The van der Waals surface area contributed by atoms with Gasteiger partial charge in [-0.3, -0.25) is 4.79 Å². The zero-order chi connectivity index (χ0) is 18.5. The van der Waals surface area contributed by atoms with Gasteiger partial charge in [-0.2, -0.15) is 0 Å². The van der Waals surface area contributed by atoms with Crippen molar-refractivity contribution in [3.8, 4) is 11.5 Å². The third-order valence-electron chi connectivity index (χ3n) is 4.91. The van der Waals surface area contributed by atoms with Crippen molar-refractivity contribution in [1.82, 2.24) is 24.9 Å². The standard InChI is InChI=1S/C18H19N5O3/c1-18(2,12-5-6-14-15(8-12)26-10-25-14)22(3)17(24)11-7-13-16(19-9-11)23(4)21-20-13/h5-9H,10H2,1-4H3. The maximum Gasteiger partial charge on any atom is 0.255 e. The number of ether oxygens (including phenoxy) is 2. The summed E-state index contributed by atoms with van der Waals surface area (Å²) in [5, 5.41) is 7.95. The van der Waals surface area contributed by atoms with Gasteiger partial charge in [0.1, 0.15) is 5.52 Å². The van der Waals surface area contributed by atoms with E-state index >= 15 is 0 Å². The largest absolute Gasteiger partial charge is 0.454 e. The summed E-state index contributed by atoms with van der Waals surface area (Å²) < 4.78 is 12.4. The van der Waals surface area contributed by atoms with Crippen LogP contribution in [0.1, 0.15) is 29.8 Å². The van der Waals surface area contributed by atoms with Crippen LogP contribution in [0.15, 0.2) is 30.5 Å². The fourth-order valence-corrected chi connectivity index (χ4v) is 2.96. The second-order valence-electron chi connectivity index (χ2n) is 6.77. The molecule has 0 N–H and O–H groups in total. The number of carbonyl (C=O) groups is 1. The summed E-state index contributed by atoms with van der Waals surface area (Å²) in [6, 6.07) is 7.44. The average molecular weight is 353 g/mol. The molecule has 26 heavy (non-hydrogen) atoms. The maximum absolute atomic E-state index is 13.0. The second kappa shape index (κ2) is 5.69. The van der Waals surface area contributed by atoms with Gasteiger partial charge in [0.15, 0.2) is 17.1 Å². The Hall–Kier alpha value is -3.16. The molecule has 134 valence electrons. The van der Waals surface area contributed by atoms with Crippen LogP contribution in [0.3, 0.4) is 0 Å². The Kier molecular flexibility index (Phi) is 3.57. The molecule has 3 aromatic rings. The number of fused-ring (bicyclic) bond motifs is 2. The van der Waals surface area contributed by atoms with E-state index in [1.54, 1.807) is 35.9 Å². The number of rotatable bonds is 3. The van der Waals surface area contributed by atoms with Gasteiger partial charge in [-0.15, -0.1) is 5.10 Å². The Morgan fingerprint density at radius 2 is 2.00 bits per heavy atom. The first-order chi connectivity index (χ1) is 12.4. The van der Waals surface area contributed by atoms with Crippen molar-refractivity contribution in [1.29, 1.82) is 0 Å². The summed E-state index contributed by atoms with van der Waals surface area (Å²) in [6.07, 6.45) is 1.56. The summed E-state index contributed by atoms with van der Waals surface area (Å²) in [5.41, 5.74) is 2.09. The van der Waals surface area contributed by atoms with Crippen LogP contribution < -0.4 is 9.47 Å². The Labute approximate surface area is 150 Å². The summed E-state index contributed by atoms with van der Waals surface area (Å²) in [6.45, 7) is 4.19. The Morgan fingerprint density at radius 3 is 2.81 bits per heavy atom. The van der Waals surface area contributed by atoms with E-state index in [9.17, 15) is 4.79 Å². The Bertz CT molecular complexity index is 1010. The number of nitrogens with zero attached hydrogens (tertiary/aromatic N) is 5. The molecule has 0 unspecified atom stereocenters. The molecule has 0 spiro atoms. The monoisotopic (exact) mass is 353 g/mol. The van der Waals surface area contributed by atoms with Crippen LogP contribution in [-0.4, -0.2) is 44.6 Å². The van der Waals surface area contributed by atoms with Gasteiger partial charge in [0.25, 0.3) is 5.91 Å². The molecule has 1 aliphatic rings. The molecule has 8 heteroatoms. The fourth-order valence-electron chi connectivity index (χ4n) is 2.96. The number of hydrogen-bond donors (Lipinski definition) is 0. The molecule has 0 bridgehead atoms. The highest BCUT2D eigenvalue weighted by Gasteiger charge is 2.32. The third-order valence-corrected chi connectivity index (χ3v) is 4.91. The molecule has 0 aliphatic carbocycles. The maximum atomic E-state index is 13.0. The summed E-state index contributed by atoms with van der Waals surface area (Å²) in [5.74, 6) is 1.27. The summed E-state index contributed by atoms with van der Waals surface area (Å²) >= 11 is 0. The normalized spacial score (nSPS) is 13.2. The van der Waals surface area contributed by atoms with Gasteiger partial charge in [-0.1, -0.05) is 11.3 Å². The van der Waals surface area contributed by atoms with Crippen molar-refractivity contribution in [2.75, 3.05) is 13.8 Å². The zero-order valence-electron chi connectivity index (χ0n) is 15.1.